The van der Waals surface area contributed by atoms with Crippen LogP contribution >= 0.6 is 0 Å². The lowest BCUT2D eigenvalue weighted by atomic mass is 9.82. The van der Waals surface area contributed by atoms with Crippen LogP contribution in [0, 0.1) is 0 Å². The molecule has 3 aromatic carbocycles. The standard InChI is InChI=1S/C27H27BN3O2/c1-26(2,32)27(3,4)33-28-22-17-15-21(16-18-22)25-30-23(19-11-7-5-8-12-19)29-24(31-25)20-13-9-6-10-14-20/h5-18,32H,1-4H3/p+1. The van der Waals surface area contributed by atoms with Crippen molar-refractivity contribution < 1.29 is 9.76 Å². The van der Waals surface area contributed by atoms with E-state index in [1.54, 1.807) is 7.48 Å². The van der Waals surface area contributed by atoms with Crippen LogP contribution in [0.25, 0.3) is 34.2 Å². The smallest absolute Gasteiger partial charge is 0.331 e. The summed E-state index contributed by atoms with van der Waals surface area (Å²) in [5.41, 5.74) is 2.35. The molecule has 1 radical (unpaired) electrons. The summed E-state index contributed by atoms with van der Waals surface area (Å²) in [5.74, 6) is 1.89. The molecule has 33 heavy (non-hydrogen) atoms. The summed E-state index contributed by atoms with van der Waals surface area (Å²) >= 11 is 0. The maximum atomic E-state index is 8.26. The maximum absolute atomic E-state index is 8.26. The molecule has 4 aromatic rings. The van der Waals surface area contributed by atoms with Crippen molar-refractivity contribution in [1.29, 1.82) is 0 Å². The van der Waals surface area contributed by atoms with Crippen LogP contribution in [-0.2, 0) is 4.65 Å². The van der Waals surface area contributed by atoms with Crippen LogP contribution < -0.4 is 5.46 Å². The van der Waals surface area contributed by atoms with Gasteiger partial charge in [0.15, 0.2) is 23.1 Å². The van der Waals surface area contributed by atoms with E-state index in [1.807, 2.05) is 113 Å². The first-order valence-corrected chi connectivity index (χ1v) is 11.0. The van der Waals surface area contributed by atoms with Gasteiger partial charge in [-0.25, -0.2) is 15.0 Å². The molecule has 0 saturated carbocycles. The summed E-state index contributed by atoms with van der Waals surface area (Å²) in [6.45, 7) is 7.54. The van der Waals surface area contributed by atoms with Gasteiger partial charge in [-0.15, -0.1) is 0 Å². The van der Waals surface area contributed by atoms with Crippen LogP contribution in [0.4, 0.5) is 0 Å². The normalized spacial score (nSPS) is 11.9. The number of benzene rings is 3. The van der Waals surface area contributed by atoms with E-state index >= 15 is 0 Å². The van der Waals surface area contributed by atoms with E-state index in [0.717, 1.165) is 22.2 Å². The zero-order chi connectivity index (χ0) is 23.5. The van der Waals surface area contributed by atoms with Gasteiger partial charge >= 0.3 is 7.48 Å². The van der Waals surface area contributed by atoms with Crippen LogP contribution in [0.15, 0.2) is 84.9 Å². The molecule has 0 unspecified atom stereocenters. The van der Waals surface area contributed by atoms with E-state index in [4.69, 9.17) is 24.7 Å². The Morgan fingerprint density at radius 3 is 1.39 bits per heavy atom. The fourth-order valence-corrected chi connectivity index (χ4v) is 3.01. The molecule has 6 heteroatoms. The summed E-state index contributed by atoms with van der Waals surface area (Å²) in [5, 5.41) is 8.26. The molecule has 0 aliphatic carbocycles. The van der Waals surface area contributed by atoms with Gasteiger partial charge in [-0.3, -0.25) is 0 Å². The van der Waals surface area contributed by atoms with Gasteiger partial charge < -0.3 is 9.76 Å². The highest BCUT2D eigenvalue weighted by Gasteiger charge is 2.40. The third-order valence-electron chi connectivity index (χ3n) is 5.86. The molecule has 0 atom stereocenters. The Bertz CT molecular complexity index is 1150. The molecule has 0 bridgehead atoms. The fourth-order valence-electron chi connectivity index (χ4n) is 3.01. The minimum Gasteiger partial charge on any atom is -0.439 e. The Morgan fingerprint density at radius 1 is 0.606 bits per heavy atom. The van der Waals surface area contributed by atoms with Gasteiger partial charge in [0.05, 0.1) is 0 Å². The summed E-state index contributed by atoms with van der Waals surface area (Å²) in [6, 6.07) is 27.8. The van der Waals surface area contributed by atoms with E-state index in [1.165, 1.54) is 0 Å². The Labute approximate surface area is 195 Å². The third kappa shape index (κ3) is 5.36. The van der Waals surface area contributed by atoms with E-state index < -0.39 is 11.2 Å². The molecular weight excluding hydrogens is 409 g/mol. The monoisotopic (exact) mass is 437 g/mol. The second kappa shape index (κ2) is 9.26. The first kappa shape index (κ1) is 22.8. The summed E-state index contributed by atoms with van der Waals surface area (Å²) in [7, 11) is 1.71. The minimum absolute atomic E-state index is 0.614. The highest BCUT2D eigenvalue weighted by molar-refractivity contribution is 6.47. The lowest BCUT2D eigenvalue weighted by Crippen LogP contribution is -2.49. The topological polar surface area (TPSA) is 70.8 Å². The number of hydrogen-bond donors (Lipinski definition) is 0. The van der Waals surface area contributed by atoms with Gasteiger partial charge in [-0.05, 0) is 13.8 Å². The number of aromatic nitrogens is 3. The molecule has 5 nitrogen and oxygen atoms in total. The van der Waals surface area contributed by atoms with Crippen LogP contribution in [0.3, 0.4) is 0 Å². The zero-order valence-corrected chi connectivity index (χ0v) is 19.4. The molecule has 0 amide bonds. The van der Waals surface area contributed by atoms with Crippen LogP contribution in [-0.4, -0.2) is 38.7 Å². The summed E-state index contributed by atoms with van der Waals surface area (Å²) in [6.07, 6.45) is 0. The Balaban J connectivity index is 1.65. The Hall–Kier alpha value is -3.35. The summed E-state index contributed by atoms with van der Waals surface area (Å²) in [4.78, 5) is 14.2. The molecule has 0 saturated heterocycles. The van der Waals surface area contributed by atoms with Crippen molar-refractivity contribution in [3.63, 3.8) is 0 Å². The molecule has 4 rings (SSSR count). The quantitative estimate of drug-likeness (QED) is 0.317. The van der Waals surface area contributed by atoms with Gasteiger partial charge in [0.2, 0.25) is 0 Å². The van der Waals surface area contributed by atoms with Crippen LogP contribution in [0.1, 0.15) is 27.7 Å². The van der Waals surface area contributed by atoms with Gasteiger partial charge in [0.1, 0.15) is 5.60 Å². The lowest BCUT2D eigenvalue weighted by molar-refractivity contribution is -0.0893. The van der Waals surface area contributed by atoms with Crippen molar-refractivity contribution >= 4 is 12.9 Å². The van der Waals surface area contributed by atoms with E-state index in [-0.39, 0.29) is 0 Å². The molecular formula is C27H28BN3O2+. The average molecular weight is 437 g/mol. The first-order chi connectivity index (χ1) is 15.7. The van der Waals surface area contributed by atoms with E-state index in [9.17, 15) is 0 Å². The Morgan fingerprint density at radius 2 is 1.00 bits per heavy atom. The predicted molar refractivity (Wildman–Crippen MR) is 134 cm³/mol. The van der Waals surface area contributed by atoms with Crippen LogP contribution in [0.2, 0.25) is 0 Å². The third-order valence-corrected chi connectivity index (χ3v) is 5.86. The van der Waals surface area contributed by atoms with Gasteiger partial charge in [-0.1, -0.05) is 90.4 Å². The number of rotatable bonds is 7. The highest BCUT2D eigenvalue weighted by Crippen LogP contribution is 2.25. The molecule has 2 N–H and O–H groups in total. The molecule has 165 valence electrons. The second-order valence-electron chi connectivity index (χ2n) is 9.03. The molecule has 0 aliphatic rings. The van der Waals surface area contributed by atoms with Crippen molar-refractivity contribution in [3.05, 3.63) is 84.9 Å². The van der Waals surface area contributed by atoms with Crippen molar-refractivity contribution in [2.45, 2.75) is 38.9 Å². The Kier molecular flexibility index (Phi) is 6.41. The number of hydrogen-bond acceptors (Lipinski definition) is 4. The minimum atomic E-state index is -0.726. The first-order valence-electron chi connectivity index (χ1n) is 11.0. The van der Waals surface area contributed by atoms with Crippen molar-refractivity contribution in [3.8, 4) is 34.2 Å². The molecule has 0 fully saturated rings. The lowest BCUT2D eigenvalue weighted by Gasteiger charge is -2.33. The average Bonchev–Trinajstić information content (AvgIpc) is 2.83. The van der Waals surface area contributed by atoms with Crippen molar-refractivity contribution in [2.24, 2.45) is 0 Å². The largest absolute Gasteiger partial charge is 0.439 e. The van der Waals surface area contributed by atoms with Crippen molar-refractivity contribution in [2.75, 3.05) is 0 Å². The van der Waals surface area contributed by atoms with Gasteiger partial charge in [0, 0.05) is 30.5 Å². The van der Waals surface area contributed by atoms with E-state index in [0.29, 0.717) is 17.5 Å². The van der Waals surface area contributed by atoms with Gasteiger partial charge in [0.25, 0.3) is 0 Å². The van der Waals surface area contributed by atoms with Gasteiger partial charge in [-0.2, -0.15) is 0 Å². The predicted octanol–water partition coefficient (Wildman–Crippen LogP) is 4.42. The van der Waals surface area contributed by atoms with Crippen molar-refractivity contribution in [1.82, 2.24) is 15.0 Å². The van der Waals surface area contributed by atoms with E-state index in [2.05, 4.69) is 0 Å². The fraction of sp³-hybridized carbons (Fsp3) is 0.222. The molecule has 1 heterocycles. The zero-order valence-electron chi connectivity index (χ0n) is 19.4. The SMILES string of the molecule is CC(C)([OH2+])C(C)(C)O[B]c1ccc(-c2nc(-c3ccccc3)nc(-c3ccccc3)n2)cc1. The molecule has 1 aromatic heterocycles. The summed E-state index contributed by atoms with van der Waals surface area (Å²) < 4.78 is 5.93. The second-order valence-corrected chi connectivity index (χ2v) is 9.03. The molecule has 0 aliphatic heterocycles. The molecule has 0 spiro atoms. The van der Waals surface area contributed by atoms with Crippen LogP contribution in [0.5, 0.6) is 0 Å². The number of nitrogens with zero attached hydrogens (tertiary/aromatic N) is 3. The highest BCUT2D eigenvalue weighted by atomic mass is 16.5. The maximum Gasteiger partial charge on any atom is 0.331 e.